The van der Waals surface area contributed by atoms with Crippen LogP contribution in [0, 0.1) is 13.8 Å². The van der Waals surface area contributed by atoms with Gasteiger partial charge in [0.05, 0.1) is 12.8 Å². The van der Waals surface area contributed by atoms with Crippen LogP contribution >= 0.6 is 11.3 Å². The van der Waals surface area contributed by atoms with Gasteiger partial charge in [0.25, 0.3) is 0 Å². The van der Waals surface area contributed by atoms with Crippen molar-refractivity contribution in [2.24, 2.45) is 0 Å². The van der Waals surface area contributed by atoms with Crippen LogP contribution in [0.1, 0.15) is 20.8 Å². The number of nitrogen functional groups attached to an aromatic ring is 1. The molecule has 94 valence electrons. The van der Waals surface area contributed by atoms with E-state index in [2.05, 4.69) is 18.2 Å². The number of rotatable bonds is 2. The van der Waals surface area contributed by atoms with Gasteiger partial charge in [-0.25, -0.2) is 4.79 Å². The Bertz CT molecular complexity index is 582. The summed E-state index contributed by atoms with van der Waals surface area (Å²) < 4.78 is 4.71. The first-order chi connectivity index (χ1) is 8.52. The number of ether oxygens (including phenoxy) is 1. The highest BCUT2D eigenvalue weighted by molar-refractivity contribution is 7.13. The molecule has 0 saturated carbocycles. The van der Waals surface area contributed by atoms with Crippen molar-refractivity contribution in [2.75, 3.05) is 12.8 Å². The lowest BCUT2D eigenvalue weighted by atomic mass is 10.0. The fraction of sp³-hybridized carbons (Fsp3) is 0.214. The molecular weight excluding hydrogens is 246 g/mol. The highest BCUT2D eigenvalue weighted by Gasteiger charge is 2.17. The topological polar surface area (TPSA) is 52.3 Å². The molecule has 0 aliphatic carbocycles. The Morgan fingerprint density at radius 3 is 2.39 bits per heavy atom. The van der Waals surface area contributed by atoms with Crippen molar-refractivity contribution in [1.29, 1.82) is 0 Å². The zero-order valence-electron chi connectivity index (χ0n) is 10.6. The number of carbonyl (C=O) groups is 1. The average molecular weight is 261 g/mol. The highest BCUT2D eigenvalue weighted by atomic mass is 32.1. The van der Waals surface area contributed by atoms with E-state index in [1.807, 2.05) is 19.2 Å². The molecule has 0 aliphatic rings. The first kappa shape index (κ1) is 12.6. The maximum absolute atomic E-state index is 11.5. The fourth-order valence-corrected chi connectivity index (χ4v) is 2.89. The van der Waals surface area contributed by atoms with Crippen molar-refractivity contribution in [3.63, 3.8) is 0 Å². The van der Waals surface area contributed by atoms with Gasteiger partial charge in [0.15, 0.2) is 0 Å². The Balaban J connectivity index is 2.52. The monoisotopic (exact) mass is 261 g/mol. The first-order valence-corrected chi connectivity index (χ1v) is 6.45. The Kier molecular flexibility index (Phi) is 3.39. The number of anilines is 1. The van der Waals surface area contributed by atoms with Crippen LogP contribution in [0.25, 0.3) is 11.1 Å². The number of methoxy groups -OCH3 is 1. The highest BCUT2D eigenvalue weighted by Crippen LogP contribution is 2.35. The molecule has 0 fully saturated rings. The van der Waals surface area contributed by atoms with Gasteiger partial charge in [0, 0.05) is 10.9 Å². The average Bonchev–Trinajstić information content (AvgIpc) is 2.69. The van der Waals surface area contributed by atoms with Crippen LogP contribution in [0.5, 0.6) is 0 Å². The van der Waals surface area contributed by atoms with Crippen LogP contribution in [-0.2, 0) is 4.74 Å². The maximum Gasteiger partial charge on any atom is 0.350 e. The third-order valence-corrected chi connectivity index (χ3v) is 3.71. The van der Waals surface area contributed by atoms with E-state index in [-0.39, 0.29) is 5.97 Å². The standard InChI is InChI=1S/C14H15NO2S/c1-8-4-9(2)6-10(5-8)11-7-18-13(12(11)15)14(16)17-3/h4-7H,15H2,1-3H3. The first-order valence-electron chi connectivity index (χ1n) is 5.57. The molecule has 0 bridgehead atoms. The van der Waals surface area contributed by atoms with Gasteiger partial charge < -0.3 is 10.5 Å². The van der Waals surface area contributed by atoms with E-state index in [9.17, 15) is 4.79 Å². The maximum atomic E-state index is 11.5. The van der Waals surface area contributed by atoms with Gasteiger partial charge >= 0.3 is 5.97 Å². The third-order valence-electron chi connectivity index (χ3n) is 2.73. The molecular formula is C14H15NO2S. The van der Waals surface area contributed by atoms with Gasteiger partial charge in [-0.15, -0.1) is 11.3 Å². The van der Waals surface area contributed by atoms with Crippen molar-refractivity contribution in [3.05, 3.63) is 39.6 Å². The summed E-state index contributed by atoms with van der Waals surface area (Å²) >= 11 is 1.32. The molecule has 0 radical (unpaired) electrons. The summed E-state index contributed by atoms with van der Waals surface area (Å²) in [5.74, 6) is -0.381. The number of esters is 1. The molecule has 0 unspecified atom stereocenters. The van der Waals surface area contributed by atoms with Crippen molar-refractivity contribution < 1.29 is 9.53 Å². The second kappa shape index (κ2) is 4.82. The SMILES string of the molecule is COC(=O)c1scc(-c2cc(C)cc(C)c2)c1N. The summed E-state index contributed by atoms with van der Waals surface area (Å²) in [5.41, 5.74) is 10.8. The van der Waals surface area contributed by atoms with Crippen LogP contribution in [0.15, 0.2) is 23.6 Å². The van der Waals surface area contributed by atoms with E-state index in [0.717, 1.165) is 11.1 Å². The summed E-state index contributed by atoms with van der Waals surface area (Å²) in [5, 5.41) is 1.90. The van der Waals surface area contributed by atoms with Crippen molar-refractivity contribution in [2.45, 2.75) is 13.8 Å². The molecule has 18 heavy (non-hydrogen) atoms. The minimum absolute atomic E-state index is 0.381. The lowest BCUT2D eigenvalue weighted by Gasteiger charge is -2.05. The number of thiophene rings is 1. The van der Waals surface area contributed by atoms with E-state index in [1.165, 1.54) is 29.6 Å². The molecule has 4 heteroatoms. The largest absolute Gasteiger partial charge is 0.465 e. The predicted molar refractivity (Wildman–Crippen MR) is 75.0 cm³/mol. The van der Waals surface area contributed by atoms with E-state index >= 15 is 0 Å². The van der Waals surface area contributed by atoms with Gasteiger partial charge in [-0.1, -0.05) is 29.3 Å². The number of hydrogen-bond donors (Lipinski definition) is 1. The van der Waals surface area contributed by atoms with Crippen LogP contribution in [0.3, 0.4) is 0 Å². The summed E-state index contributed by atoms with van der Waals surface area (Å²) in [6.07, 6.45) is 0. The summed E-state index contributed by atoms with van der Waals surface area (Å²) in [7, 11) is 1.36. The molecule has 2 aromatic rings. The minimum Gasteiger partial charge on any atom is -0.465 e. The normalized spacial score (nSPS) is 10.4. The van der Waals surface area contributed by atoms with Gasteiger partial charge in [-0.2, -0.15) is 0 Å². The number of carbonyl (C=O) groups excluding carboxylic acids is 1. The Morgan fingerprint density at radius 2 is 1.83 bits per heavy atom. The zero-order chi connectivity index (χ0) is 13.3. The smallest absolute Gasteiger partial charge is 0.350 e. The number of hydrogen-bond acceptors (Lipinski definition) is 4. The fourth-order valence-electron chi connectivity index (χ4n) is 1.97. The summed E-state index contributed by atoms with van der Waals surface area (Å²) in [4.78, 5) is 12.0. The number of nitrogens with two attached hydrogens (primary N) is 1. The third kappa shape index (κ3) is 2.24. The molecule has 1 heterocycles. The van der Waals surface area contributed by atoms with Crippen molar-refractivity contribution in [3.8, 4) is 11.1 Å². The second-order valence-electron chi connectivity index (χ2n) is 4.26. The predicted octanol–water partition coefficient (Wildman–Crippen LogP) is 3.40. The van der Waals surface area contributed by atoms with Crippen molar-refractivity contribution >= 4 is 23.0 Å². The second-order valence-corrected chi connectivity index (χ2v) is 5.14. The van der Waals surface area contributed by atoms with E-state index in [1.54, 1.807) is 0 Å². The van der Waals surface area contributed by atoms with Crippen LogP contribution < -0.4 is 5.73 Å². The van der Waals surface area contributed by atoms with Crippen molar-refractivity contribution in [1.82, 2.24) is 0 Å². The molecule has 2 N–H and O–H groups in total. The van der Waals surface area contributed by atoms with Crippen LogP contribution in [0.2, 0.25) is 0 Å². The van der Waals surface area contributed by atoms with Crippen LogP contribution in [0.4, 0.5) is 5.69 Å². The molecule has 0 amide bonds. The van der Waals surface area contributed by atoms with E-state index < -0.39 is 0 Å². The van der Waals surface area contributed by atoms with Gasteiger partial charge in [-0.05, 0) is 19.4 Å². The lowest BCUT2D eigenvalue weighted by molar-refractivity contribution is 0.0607. The molecule has 3 nitrogen and oxygen atoms in total. The molecule has 0 saturated heterocycles. The minimum atomic E-state index is -0.381. The molecule has 1 aromatic heterocycles. The zero-order valence-corrected chi connectivity index (χ0v) is 11.4. The van der Waals surface area contributed by atoms with Gasteiger partial charge in [-0.3, -0.25) is 0 Å². The van der Waals surface area contributed by atoms with E-state index in [4.69, 9.17) is 10.5 Å². The molecule has 0 aliphatic heterocycles. The Morgan fingerprint density at radius 1 is 1.22 bits per heavy atom. The Labute approximate surface area is 110 Å². The quantitative estimate of drug-likeness (QED) is 0.843. The molecule has 2 rings (SSSR count). The molecule has 1 aromatic carbocycles. The number of aryl methyl sites for hydroxylation is 2. The van der Waals surface area contributed by atoms with E-state index in [0.29, 0.717) is 10.6 Å². The lowest BCUT2D eigenvalue weighted by Crippen LogP contribution is -2.02. The summed E-state index contributed by atoms with van der Waals surface area (Å²) in [6, 6.07) is 6.23. The molecule has 0 spiro atoms. The Hall–Kier alpha value is -1.81. The molecule has 0 atom stereocenters. The summed E-state index contributed by atoms with van der Waals surface area (Å²) in [6.45, 7) is 4.08. The van der Waals surface area contributed by atoms with Gasteiger partial charge in [0.2, 0.25) is 0 Å². The number of benzene rings is 1. The van der Waals surface area contributed by atoms with Crippen LogP contribution in [-0.4, -0.2) is 13.1 Å². The van der Waals surface area contributed by atoms with Gasteiger partial charge in [0.1, 0.15) is 4.88 Å².